The van der Waals surface area contributed by atoms with Crippen LogP contribution in [0.2, 0.25) is 5.02 Å². The van der Waals surface area contributed by atoms with Crippen molar-refractivity contribution >= 4 is 70.1 Å². The van der Waals surface area contributed by atoms with E-state index in [0.717, 1.165) is 16.1 Å². The highest BCUT2D eigenvalue weighted by atomic mass is 35.5. The number of nitrogens with zero attached hydrogens (tertiary/aromatic N) is 3. The first kappa shape index (κ1) is 49.8. The summed E-state index contributed by atoms with van der Waals surface area (Å²) in [6.07, 6.45) is -18.9. The number of hydroxylamine groups is 2. The molecular weight excluding hydrogens is 928 g/mol. The highest BCUT2D eigenvalue weighted by Crippen LogP contribution is 2.57. The van der Waals surface area contributed by atoms with Crippen LogP contribution in [-0.2, 0) is 54.5 Å². The molecule has 322 valence electrons. The zero-order valence-electron chi connectivity index (χ0n) is 27.9. The van der Waals surface area contributed by atoms with Crippen LogP contribution in [0.4, 0.5) is 0 Å². The van der Waals surface area contributed by atoms with Crippen molar-refractivity contribution < 1.29 is 118 Å². The number of benzene rings is 2. The first-order chi connectivity index (χ1) is 25.8. The number of amidine groups is 1. The summed E-state index contributed by atoms with van der Waals surface area (Å²) in [7, 11) is -34.4. The Balaban J connectivity index is 0.000000347. The van der Waals surface area contributed by atoms with Gasteiger partial charge in [0.1, 0.15) is 49.0 Å². The van der Waals surface area contributed by atoms with Gasteiger partial charge in [-0.1, -0.05) is 41.9 Å². The van der Waals surface area contributed by atoms with Crippen LogP contribution in [0.25, 0.3) is 5.70 Å². The van der Waals surface area contributed by atoms with Crippen molar-refractivity contribution in [3.8, 4) is 0 Å². The maximum absolute atomic E-state index is 11.4. The van der Waals surface area contributed by atoms with E-state index in [2.05, 4.69) is 37.1 Å². The van der Waals surface area contributed by atoms with Gasteiger partial charge in [0, 0.05) is 22.9 Å². The first-order valence-corrected chi connectivity index (χ1v) is 24.1. The van der Waals surface area contributed by atoms with Gasteiger partial charge in [-0.15, -0.1) is 0 Å². The lowest BCUT2D eigenvalue weighted by molar-refractivity contribution is -0.202. The summed E-state index contributed by atoms with van der Waals surface area (Å²) in [4.78, 5) is 118. The van der Waals surface area contributed by atoms with Crippen molar-refractivity contribution in [3.63, 3.8) is 0 Å². The second kappa shape index (κ2) is 19.0. The maximum atomic E-state index is 11.4. The smallest absolute Gasteiger partial charge is 0.303 e. The third-order valence-electron chi connectivity index (χ3n) is 6.81. The van der Waals surface area contributed by atoms with Gasteiger partial charge in [-0.25, -0.2) is 37.4 Å². The molecule has 2 aromatic rings. The molecule has 1 aliphatic heterocycles. The van der Waals surface area contributed by atoms with Gasteiger partial charge < -0.3 is 58.7 Å². The molecule has 0 bridgehead atoms. The van der Waals surface area contributed by atoms with E-state index in [9.17, 15) is 32.6 Å². The number of halogens is 1. The van der Waals surface area contributed by atoms with Crippen LogP contribution in [-0.4, -0.2) is 125 Å². The maximum Gasteiger partial charge on any atom is 0.470 e. The quantitative estimate of drug-likeness (QED) is 0.104. The monoisotopic (exact) mass is 959 g/mol. The Labute approximate surface area is 323 Å². The molecule has 0 radical (unpaired) electrons. The molecular formula is C22H32ClN3O25P6. The molecule has 1 heterocycles. The van der Waals surface area contributed by atoms with E-state index in [-0.39, 0.29) is 6.54 Å². The van der Waals surface area contributed by atoms with Crippen molar-refractivity contribution in [1.82, 2.24) is 5.06 Å². The summed E-state index contributed by atoms with van der Waals surface area (Å²) in [5.74, 6) is 0.562. The van der Waals surface area contributed by atoms with E-state index in [1.54, 1.807) is 13.1 Å². The molecule has 2 aliphatic rings. The summed E-state index contributed by atoms with van der Waals surface area (Å²) in [6, 6.07) is 15.1. The van der Waals surface area contributed by atoms with Gasteiger partial charge in [-0.3, -0.25) is 37.3 Å². The van der Waals surface area contributed by atoms with E-state index in [4.69, 9.17) is 70.3 Å². The second-order valence-corrected chi connectivity index (χ2v) is 18.6. The molecule has 0 saturated heterocycles. The Morgan fingerprint density at radius 2 is 0.930 bits per heavy atom. The number of phosphoric ester groups is 6. The minimum Gasteiger partial charge on any atom is -0.303 e. The SMILES string of the molecule is CN=C1CN(O)C(c2ccccc2)=c2cc(Cl)ccc2=N1.O=P(O)(O)OC1C(OP(=O)(O)O)C(OP(=O)(O)O)C(OP(=O)(O)O)C(OP(=O)(O)O)C1OP(=O)(O)O. The number of aliphatic imine (C=N–C) groups is 1. The molecule has 13 N–H and O–H groups in total. The van der Waals surface area contributed by atoms with Gasteiger partial charge >= 0.3 is 46.9 Å². The first-order valence-electron chi connectivity index (χ1n) is 14.6. The number of fused-ring (bicyclic) bond motifs is 1. The fraction of sp³-hybridized carbons (Fsp3) is 0.364. The molecule has 0 atom stereocenters. The molecule has 0 aromatic heterocycles. The van der Waals surface area contributed by atoms with Crippen LogP contribution in [0.3, 0.4) is 0 Å². The number of hydrogen-bond acceptors (Lipinski definition) is 15. The topological polar surface area (TPSA) is 449 Å². The number of hydrogen-bond donors (Lipinski definition) is 13. The molecule has 57 heavy (non-hydrogen) atoms. The summed E-state index contributed by atoms with van der Waals surface area (Å²) >= 11 is 6.12. The van der Waals surface area contributed by atoms with Gasteiger partial charge in [-0.05, 0) is 18.2 Å². The van der Waals surface area contributed by atoms with Crippen LogP contribution in [0, 0.1) is 0 Å². The molecule has 1 saturated carbocycles. The Morgan fingerprint density at radius 3 is 1.23 bits per heavy atom. The van der Waals surface area contributed by atoms with Gasteiger partial charge in [0.2, 0.25) is 0 Å². The minimum atomic E-state index is -6.02. The molecule has 2 aromatic carbocycles. The summed E-state index contributed by atoms with van der Waals surface area (Å²) in [6.45, 7) is 0.229. The van der Waals surface area contributed by atoms with E-state index in [0.29, 0.717) is 16.6 Å². The lowest BCUT2D eigenvalue weighted by Crippen LogP contribution is -2.66. The van der Waals surface area contributed by atoms with Crippen LogP contribution in [0.15, 0.2) is 58.5 Å². The van der Waals surface area contributed by atoms with Gasteiger partial charge in [-0.2, -0.15) is 0 Å². The Bertz CT molecular complexity index is 1970. The number of phosphoric acid groups is 6. The molecule has 1 fully saturated rings. The van der Waals surface area contributed by atoms with Crippen LogP contribution < -0.4 is 10.6 Å². The number of rotatable bonds is 13. The predicted molar refractivity (Wildman–Crippen MR) is 185 cm³/mol. The van der Waals surface area contributed by atoms with Crippen molar-refractivity contribution in [3.05, 3.63) is 69.7 Å². The van der Waals surface area contributed by atoms with E-state index >= 15 is 0 Å². The summed E-state index contributed by atoms with van der Waals surface area (Å²) < 4.78 is 93.1. The Kier molecular flexibility index (Phi) is 16.7. The lowest BCUT2D eigenvalue weighted by atomic mass is 9.85. The lowest BCUT2D eigenvalue weighted by Gasteiger charge is -2.48. The van der Waals surface area contributed by atoms with E-state index < -0.39 is 83.6 Å². The van der Waals surface area contributed by atoms with Crippen molar-refractivity contribution in [2.24, 2.45) is 9.98 Å². The zero-order valence-corrected chi connectivity index (χ0v) is 34.0. The molecule has 0 spiro atoms. The molecule has 0 amide bonds. The fourth-order valence-electron chi connectivity index (χ4n) is 5.14. The molecule has 0 unspecified atom stereocenters. The highest BCUT2D eigenvalue weighted by molar-refractivity contribution is 7.47. The van der Waals surface area contributed by atoms with Gasteiger partial charge in [0.25, 0.3) is 0 Å². The molecule has 28 nitrogen and oxygen atoms in total. The Hall–Kier alpha value is -1.51. The molecule has 4 rings (SSSR count). The van der Waals surface area contributed by atoms with Crippen molar-refractivity contribution in [2.75, 3.05) is 13.6 Å². The summed E-state index contributed by atoms with van der Waals surface area (Å²) in [5, 5.41) is 13.8. The zero-order chi connectivity index (χ0) is 43.5. The highest BCUT2D eigenvalue weighted by Gasteiger charge is 2.62. The Morgan fingerprint density at radius 1 is 0.596 bits per heavy atom. The van der Waals surface area contributed by atoms with Crippen LogP contribution >= 0.6 is 58.5 Å². The van der Waals surface area contributed by atoms with Gasteiger partial charge in [0.15, 0.2) is 0 Å². The van der Waals surface area contributed by atoms with Crippen LogP contribution in [0.5, 0.6) is 0 Å². The van der Waals surface area contributed by atoms with Crippen molar-refractivity contribution in [2.45, 2.75) is 36.6 Å². The summed E-state index contributed by atoms with van der Waals surface area (Å²) in [5.41, 5.74) is 1.58. The van der Waals surface area contributed by atoms with E-state index in [1.165, 1.54) is 5.06 Å². The third-order valence-corrected chi connectivity index (χ3v) is 10.2. The minimum absolute atomic E-state index is 0.229. The average molecular weight is 960 g/mol. The standard InChI is InChI=1S/C16H14ClN3O.C6H18O24P6/c1-18-15-10-20(21)16(11-5-3-2-4-6-11)13-9-12(17)7-8-14(13)19-15;7-31(8,9)25-1-2(26-32(10,11)12)4(28-34(16,17)18)6(30-36(22,23)24)5(29-35(19,20)21)3(1)27-33(13,14)15/h2-9,21H,10H2,1H3;1-6H,(H2,7,8,9)(H2,10,11,12)(H2,13,14,15)(H2,16,17,18)(H2,19,20,21)(H2,22,23,24). The normalized spacial score (nSPS) is 24.6. The van der Waals surface area contributed by atoms with Crippen molar-refractivity contribution in [1.29, 1.82) is 0 Å². The predicted octanol–water partition coefficient (Wildman–Crippen LogP) is -1.28. The van der Waals surface area contributed by atoms with Gasteiger partial charge in [0.05, 0.1) is 11.1 Å². The largest absolute Gasteiger partial charge is 0.470 e. The van der Waals surface area contributed by atoms with E-state index in [1.807, 2.05) is 42.5 Å². The molecule has 1 aliphatic carbocycles. The average Bonchev–Trinajstić information content (AvgIpc) is 3.14. The fourth-order valence-corrected chi connectivity index (χ4v) is 8.65. The second-order valence-electron chi connectivity index (χ2n) is 11.0. The van der Waals surface area contributed by atoms with Crippen LogP contribution in [0.1, 0.15) is 5.56 Å². The molecule has 35 heteroatoms. The third kappa shape index (κ3) is 16.5.